The van der Waals surface area contributed by atoms with Crippen LogP contribution in [0.2, 0.25) is 0 Å². The first-order chi connectivity index (χ1) is 8.31. The Bertz CT molecular complexity index is 274. The molecule has 114 valence electrons. The van der Waals surface area contributed by atoms with Crippen molar-refractivity contribution in [3.63, 3.8) is 0 Å². The zero-order valence-electron chi connectivity index (χ0n) is 10.3. The van der Waals surface area contributed by atoms with Crippen molar-refractivity contribution < 1.29 is 51.1 Å². The Morgan fingerprint density at radius 1 is 1.00 bits per heavy atom. The smallest absolute Gasteiger partial charge is 0.480 e. The van der Waals surface area contributed by atoms with Crippen LogP contribution in [-0.4, -0.2) is 57.7 Å². The summed E-state index contributed by atoms with van der Waals surface area (Å²) in [6.45, 7) is 0.108. The molecule has 2 atom stereocenters. The number of aliphatic carboxylic acids is 2. The minimum atomic E-state index is -1.44. The van der Waals surface area contributed by atoms with Crippen LogP contribution in [0.5, 0.6) is 0 Å². The summed E-state index contributed by atoms with van der Waals surface area (Å²) in [4.78, 5) is 20.7. The van der Waals surface area contributed by atoms with Crippen LogP contribution < -0.4 is 11.5 Å². The van der Waals surface area contributed by atoms with Gasteiger partial charge in [0.1, 0.15) is 0 Å². The normalized spacial score (nSPS) is 18.7. The summed E-state index contributed by atoms with van der Waals surface area (Å²) in [5, 5.41) is 34.3. The number of aliphatic hydroxyl groups excluding tert-OH is 2. The van der Waals surface area contributed by atoms with Crippen LogP contribution in [0.3, 0.4) is 0 Å². The molecular formula is C10H20N2O6Pt+2. The van der Waals surface area contributed by atoms with E-state index in [2.05, 4.69) is 0 Å². The van der Waals surface area contributed by atoms with E-state index < -0.39 is 29.6 Å². The molecule has 0 saturated heterocycles. The molecule has 1 rings (SSSR count). The maximum absolute atomic E-state index is 10.4. The minimum Gasteiger partial charge on any atom is -0.480 e. The van der Waals surface area contributed by atoms with Crippen LogP contribution in [0.4, 0.5) is 0 Å². The Labute approximate surface area is 125 Å². The largest absolute Gasteiger partial charge is 2.00 e. The molecule has 0 aromatic carbocycles. The van der Waals surface area contributed by atoms with Crippen molar-refractivity contribution in [2.45, 2.75) is 31.5 Å². The SMILES string of the molecule is NC[C@@H](O)[C@H](O)CN.O=C(O)C1(C(=O)O)CCC1.[Pt+2]. The summed E-state index contributed by atoms with van der Waals surface area (Å²) in [6.07, 6.45) is -0.492. The molecule has 0 amide bonds. The molecule has 0 aromatic rings. The number of hydrogen-bond acceptors (Lipinski definition) is 6. The van der Waals surface area contributed by atoms with Gasteiger partial charge in [-0.3, -0.25) is 9.59 Å². The van der Waals surface area contributed by atoms with E-state index in [1.165, 1.54) is 0 Å². The van der Waals surface area contributed by atoms with E-state index >= 15 is 0 Å². The number of carboxylic acids is 2. The number of nitrogens with two attached hydrogens (primary N) is 2. The average molecular weight is 459 g/mol. The molecule has 9 heteroatoms. The van der Waals surface area contributed by atoms with E-state index in [-0.39, 0.29) is 47.0 Å². The number of carbonyl (C=O) groups is 2. The zero-order chi connectivity index (χ0) is 14.3. The van der Waals surface area contributed by atoms with Crippen LogP contribution in [-0.2, 0) is 30.7 Å². The van der Waals surface area contributed by atoms with E-state index in [0.717, 1.165) is 0 Å². The Hall–Kier alpha value is -0.532. The predicted octanol–water partition coefficient (Wildman–Crippen LogP) is -2.05. The molecule has 19 heavy (non-hydrogen) atoms. The number of hydrogen-bond donors (Lipinski definition) is 6. The van der Waals surface area contributed by atoms with Gasteiger partial charge in [0.15, 0.2) is 5.41 Å². The third-order valence-corrected chi connectivity index (χ3v) is 2.95. The van der Waals surface area contributed by atoms with Crippen molar-refractivity contribution in [1.82, 2.24) is 0 Å². The molecule has 0 spiro atoms. The molecule has 0 aromatic heterocycles. The molecule has 1 aliphatic rings. The second-order valence-corrected chi connectivity index (χ2v) is 4.15. The van der Waals surface area contributed by atoms with Crippen LogP contribution in [0.15, 0.2) is 0 Å². The van der Waals surface area contributed by atoms with E-state index in [9.17, 15) is 9.59 Å². The van der Waals surface area contributed by atoms with Gasteiger partial charge in [0.05, 0.1) is 12.2 Å². The Kier molecular flexibility index (Phi) is 10.3. The summed E-state index contributed by atoms with van der Waals surface area (Å²) in [7, 11) is 0. The molecule has 8 N–H and O–H groups in total. The van der Waals surface area contributed by atoms with Crippen molar-refractivity contribution in [3.8, 4) is 0 Å². The summed E-state index contributed by atoms with van der Waals surface area (Å²) < 4.78 is 0. The molecule has 1 saturated carbocycles. The average Bonchev–Trinajstić information content (AvgIpc) is 2.25. The molecule has 0 radical (unpaired) electrons. The first-order valence-corrected chi connectivity index (χ1v) is 5.55. The van der Waals surface area contributed by atoms with Gasteiger partial charge in [-0.05, 0) is 19.3 Å². The van der Waals surface area contributed by atoms with Crippen LogP contribution in [0.25, 0.3) is 0 Å². The Morgan fingerprint density at radius 3 is 1.37 bits per heavy atom. The van der Waals surface area contributed by atoms with Crippen LogP contribution in [0.1, 0.15) is 19.3 Å². The Morgan fingerprint density at radius 2 is 1.32 bits per heavy atom. The maximum atomic E-state index is 10.4. The molecule has 0 aliphatic heterocycles. The molecule has 1 aliphatic carbocycles. The number of carboxylic acid groups (broad SMARTS) is 2. The van der Waals surface area contributed by atoms with Crippen molar-refractivity contribution in [2.75, 3.05) is 13.1 Å². The predicted molar refractivity (Wildman–Crippen MR) is 61.7 cm³/mol. The fourth-order valence-electron chi connectivity index (χ4n) is 1.36. The molecule has 0 unspecified atom stereocenters. The van der Waals surface area contributed by atoms with Gasteiger partial charge < -0.3 is 31.9 Å². The van der Waals surface area contributed by atoms with Gasteiger partial charge in [-0.15, -0.1) is 0 Å². The summed E-state index contributed by atoms with van der Waals surface area (Å²) in [6, 6.07) is 0. The minimum absolute atomic E-state index is 0. The Balaban J connectivity index is 0. The third-order valence-electron chi connectivity index (χ3n) is 2.95. The van der Waals surface area contributed by atoms with Crippen molar-refractivity contribution in [3.05, 3.63) is 0 Å². The summed E-state index contributed by atoms with van der Waals surface area (Å²) in [5.74, 6) is -2.41. The maximum Gasteiger partial charge on any atom is 2.00 e. The fraction of sp³-hybridized carbons (Fsp3) is 0.800. The van der Waals surface area contributed by atoms with Gasteiger partial charge in [-0.2, -0.15) is 0 Å². The van der Waals surface area contributed by atoms with Gasteiger partial charge in [-0.25, -0.2) is 0 Å². The molecule has 0 bridgehead atoms. The zero-order valence-corrected chi connectivity index (χ0v) is 12.5. The standard InChI is InChI=1S/C6H8O4.C4H12N2O2.Pt/c7-4(8)6(5(9)10)2-1-3-6;5-1-3(7)4(8)2-6;/h1-3H2,(H,7,8)(H,9,10);3-4,7-8H,1-2,5-6H2;/q;;+2/t;3-,4-;/m.1./s1. The van der Waals surface area contributed by atoms with E-state index in [1.807, 2.05) is 0 Å². The van der Waals surface area contributed by atoms with Crippen LogP contribution >= 0.6 is 0 Å². The molecular weight excluding hydrogens is 439 g/mol. The van der Waals surface area contributed by atoms with Gasteiger partial charge in [0.2, 0.25) is 0 Å². The number of rotatable bonds is 5. The van der Waals surface area contributed by atoms with E-state index in [4.69, 9.17) is 31.9 Å². The van der Waals surface area contributed by atoms with Crippen molar-refractivity contribution in [1.29, 1.82) is 0 Å². The van der Waals surface area contributed by atoms with Gasteiger partial charge in [0, 0.05) is 13.1 Å². The first-order valence-electron chi connectivity index (χ1n) is 5.55. The first kappa shape index (κ1) is 20.8. The summed E-state index contributed by atoms with van der Waals surface area (Å²) in [5.41, 5.74) is 8.52. The number of aliphatic hydroxyl groups is 2. The molecule has 1 fully saturated rings. The van der Waals surface area contributed by atoms with E-state index in [1.54, 1.807) is 0 Å². The topological polar surface area (TPSA) is 167 Å². The third kappa shape index (κ3) is 5.54. The van der Waals surface area contributed by atoms with E-state index in [0.29, 0.717) is 6.42 Å². The summed E-state index contributed by atoms with van der Waals surface area (Å²) >= 11 is 0. The molecule has 0 heterocycles. The van der Waals surface area contributed by atoms with Crippen LogP contribution in [0, 0.1) is 5.41 Å². The van der Waals surface area contributed by atoms with Crippen molar-refractivity contribution in [2.24, 2.45) is 16.9 Å². The van der Waals surface area contributed by atoms with Gasteiger partial charge >= 0.3 is 33.0 Å². The van der Waals surface area contributed by atoms with Gasteiger partial charge in [-0.1, -0.05) is 0 Å². The second-order valence-electron chi connectivity index (χ2n) is 4.15. The monoisotopic (exact) mass is 459 g/mol. The molecule has 8 nitrogen and oxygen atoms in total. The van der Waals surface area contributed by atoms with Crippen molar-refractivity contribution >= 4 is 11.9 Å². The quantitative estimate of drug-likeness (QED) is 0.256. The fourth-order valence-corrected chi connectivity index (χ4v) is 1.36. The second kappa shape index (κ2) is 9.38. The van der Waals surface area contributed by atoms with Gasteiger partial charge in [0.25, 0.3) is 0 Å².